The number of aliphatic hydroxyl groups is 1. The fraction of sp³-hybridized carbons (Fsp3) is 0.500. The van der Waals surface area contributed by atoms with E-state index in [1.165, 1.54) is 5.56 Å². The van der Waals surface area contributed by atoms with Gasteiger partial charge in [-0.1, -0.05) is 43.3 Å². The van der Waals surface area contributed by atoms with Gasteiger partial charge in [-0.3, -0.25) is 4.79 Å². The largest absolute Gasteiger partial charge is 0.383 e. The molecule has 3 rings (SSSR count). The summed E-state index contributed by atoms with van der Waals surface area (Å²) in [6, 6.07) is 7.95. The molecule has 25 heavy (non-hydrogen) atoms. The number of carbonyl (C=O) groups excluding carboxylic acids is 1. The monoisotopic (exact) mass is 342 g/mol. The Labute approximate surface area is 148 Å². The molecule has 5 nitrogen and oxygen atoms in total. The van der Waals surface area contributed by atoms with E-state index in [1.54, 1.807) is 0 Å². The minimum atomic E-state index is -0.986. The molecular weight excluding hydrogens is 316 g/mol. The molecule has 1 unspecified atom stereocenters. The van der Waals surface area contributed by atoms with Gasteiger partial charge in [-0.25, -0.2) is 0 Å². The van der Waals surface area contributed by atoms with Crippen molar-refractivity contribution in [2.45, 2.75) is 58.0 Å². The molecule has 0 aliphatic heterocycles. The molecule has 1 aliphatic rings. The number of rotatable bonds is 6. The van der Waals surface area contributed by atoms with Crippen LogP contribution in [0.2, 0.25) is 0 Å². The van der Waals surface area contributed by atoms with Gasteiger partial charge in [0.05, 0.1) is 18.7 Å². The van der Waals surface area contributed by atoms with E-state index in [4.69, 9.17) is 4.52 Å². The van der Waals surface area contributed by atoms with Gasteiger partial charge in [-0.2, -0.15) is 0 Å². The predicted molar refractivity (Wildman–Crippen MR) is 95.2 cm³/mol. The van der Waals surface area contributed by atoms with Gasteiger partial charge in [-0.15, -0.1) is 0 Å². The quantitative estimate of drug-likeness (QED) is 0.846. The number of nitrogens with one attached hydrogen (secondary N) is 1. The SMILES string of the molecule is CCc1noc(CC)c1CC(=O)NCC1(O)CCCc2ccccc21. The van der Waals surface area contributed by atoms with Crippen molar-refractivity contribution < 1.29 is 14.4 Å². The Hall–Kier alpha value is -2.14. The second kappa shape index (κ2) is 7.40. The van der Waals surface area contributed by atoms with Crippen molar-refractivity contribution in [3.8, 4) is 0 Å². The molecule has 1 aromatic carbocycles. The number of aromatic nitrogens is 1. The highest BCUT2D eigenvalue weighted by Gasteiger charge is 2.34. The van der Waals surface area contributed by atoms with Crippen LogP contribution in [0.15, 0.2) is 28.8 Å². The van der Waals surface area contributed by atoms with Crippen molar-refractivity contribution in [1.82, 2.24) is 10.5 Å². The fourth-order valence-corrected chi connectivity index (χ4v) is 3.69. The van der Waals surface area contributed by atoms with Crippen LogP contribution in [0, 0.1) is 0 Å². The molecule has 5 heteroatoms. The molecule has 1 aromatic heterocycles. The lowest BCUT2D eigenvalue weighted by Crippen LogP contribution is -2.43. The van der Waals surface area contributed by atoms with Crippen molar-refractivity contribution in [2.24, 2.45) is 0 Å². The van der Waals surface area contributed by atoms with Crippen LogP contribution in [0.3, 0.4) is 0 Å². The molecule has 0 saturated carbocycles. The van der Waals surface area contributed by atoms with Crippen molar-refractivity contribution >= 4 is 5.91 Å². The summed E-state index contributed by atoms with van der Waals surface area (Å²) in [4.78, 5) is 12.5. The molecule has 1 atom stereocenters. The van der Waals surface area contributed by atoms with Gasteiger partial charge in [0.25, 0.3) is 0 Å². The van der Waals surface area contributed by atoms with Crippen LogP contribution >= 0.6 is 0 Å². The Morgan fingerprint density at radius 1 is 1.32 bits per heavy atom. The van der Waals surface area contributed by atoms with Crippen LogP contribution in [0.25, 0.3) is 0 Å². The smallest absolute Gasteiger partial charge is 0.224 e. The highest BCUT2D eigenvalue weighted by atomic mass is 16.5. The zero-order valence-corrected chi connectivity index (χ0v) is 15.0. The molecule has 0 fully saturated rings. The summed E-state index contributed by atoms with van der Waals surface area (Å²) in [7, 11) is 0. The molecule has 0 radical (unpaired) electrons. The molecule has 0 saturated heterocycles. The van der Waals surface area contributed by atoms with Gasteiger partial charge >= 0.3 is 0 Å². The van der Waals surface area contributed by atoms with Crippen LogP contribution in [-0.2, 0) is 36.1 Å². The number of amides is 1. The zero-order chi connectivity index (χ0) is 17.9. The summed E-state index contributed by atoms with van der Waals surface area (Å²) in [6.45, 7) is 4.22. The summed E-state index contributed by atoms with van der Waals surface area (Å²) in [5, 5.41) is 18.0. The van der Waals surface area contributed by atoms with Crippen molar-refractivity contribution in [2.75, 3.05) is 6.54 Å². The van der Waals surface area contributed by atoms with Crippen molar-refractivity contribution in [3.05, 3.63) is 52.4 Å². The third-order valence-corrected chi connectivity index (χ3v) is 5.08. The molecule has 2 aromatic rings. The lowest BCUT2D eigenvalue weighted by molar-refractivity contribution is -0.122. The summed E-state index contributed by atoms with van der Waals surface area (Å²) in [6.07, 6.45) is 4.27. The Balaban J connectivity index is 1.68. The maximum atomic E-state index is 12.5. The number of nitrogens with zero attached hydrogens (tertiary/aromatic N) is 1. The molecule has 2 N–H and O–H groups in total. The second-order valence-electron chi connectivity index (χ2n) is 6.73. The highest BCUT2D eigenvalue weighted by Crippen LogP contribution is 2.34. The Morgan fingerprint density at radius 2 is 2.12 bits per heavy atom. The van der Waals surface area contributed by atoms with E-state index in [2.05, 4.69) is 16.5 Å². The minimum absolute atomic E-state index is 0.107. The van der Waals surface area contributed by atoms with Gasteiger partial charge in [-0.05, 0) is 36.8 Å². The van der Waals surface area contributed by atoms with Gasteiger partial charge in [0.2, 0.25) is 5.91 Å². The van der Waals surface area contributed by atoms with Crippen LogP contribution < -0.4 is 5.32 Å². The molecule has 1 aliphatic carbocycles. The first-order valence-electron chi connectivity index (χ1n) is 9.11. The summed E-state index contributed by atoms with van der Waals surface area (Å²) in [5.74, 6) is 0.665. The third-order valence-electron chi connectivity index (χ3n) is 5.08. The molecule has 0 spiro atoms. The number of aryl methyl sites for hydroxylation is 3. The predicted octanol–water partition coefficient (Wildman–Crippen LogP) is 2.68. The number of carbonyl (C=O) groups is 1. The molecule has 0 bridgehead atoms. The number of benzene rings is 1. The standard InChI is InChI=1S/C20H26N2O3/c1-3-17-15(18(4-2)25-22-17)12-19(23)21-13-20(24)11-7-9-14-8-5-6-10-16(14)20/h5-6,8,10,24H,3-4,7,9,11-13H2,1-2H3,(H,21,23). The highest BCUT2D eigenvalue weighted by molar-refractivity contribution is 5.79. The first kappa shape index (κ1) is 17.7. The Kier molecular flexibility index (Phi) is 5.23. The number of hydrogen-bond donors (Lipinski definition) is 2. The zero-order valence-electron chi connectivity index (χ0n) is 15.0. The van der Waals surface area contributed by atoms with E-state index in [1.807, 2.05) is 32.0 Å². The van der Waals surface area contributed by atoms with Gasteiger partial charge in [0.1, 0.15) is 11.4 Å². The Bertz CT molecular complexity index is 732. The van der Waals surface area contributed by atoms with Crippen LogP contribution in [0.5, 0.6) is 0 Å². The van der Waals surface area contributed by atoms with E-state index < -0.39 is 5.60 Å². The summed E-state index contributed by atoms with van der Waals surface area (Å²) >= 11 is 0. The average Bonchev–Trinajstić information content (AvgIpc) is 3.02. The second-order valence-corrected chi connectivity index (χ2v) is 6.73. The van der Waals surface area contributed by atoms with E-state index in [0.29, 0.717) is 12.8 Å². The van der Waals surface area contributed by atoms with Crippen LogP contribution in [0.4, 0.5) is 0 Å². The average molecular weight is 342 g/mol. The number of hydrogen-bond acceptors (Lipinski definition) is 4. The first-order chi connectivity index (χ1) is 12.1. The van der Waals surface area contributed by atoms with Crippen LogP contribution in [-0.4, -0.2) is 22.7 Å². The van der Waals surface area contributed by atoms with E-state index >= 15 is 0 Å². The lowest BCUT2D eigenvalue weighted by Gasteiger charge is -2.34. The van der Waals surface area contributed by atoms with Gasteiger partial charge in [0.15, 0.2) is 0 Å². The lowest BCUT2D eigenvalue weighted by atomic mass is 9.79. The molecule has 1 amide bonds. The van der Waals surface area contributed by atoms with E-state index in [0.717, 1.165) is 41.8 Å². The first-order valence-corrected chi connectivity index (χ1v) is 9.11. The normalized spacial score (nSPS) is 19.5. The van der Waals surface area contributed by atoms with Gasteiger partial charge in [0, 0.05) is 12.0 Å². The van der Waals surface area contributed by atoms with E-state index in [9.17, 15) is 9.90 Å². The fourth-order valence-electron chi connectivity index (χ4n) is 3.69. The van der Waals surface area contributed by atoms with Crippen molar-refractivity contribution in [3.63, 3.8) is 0 Å². The summed E-state index contributed by atoms with van der Waals surface area (Å²) in [5.41, 5.74) is 2.86. The summed E-state index contributed by atoms with van der Waals surface area (Å²) < 4.78 is 5.32. The minimum Gasteiger partial charge on any atom is -0.383 e. The molecular formula is C20H26N2O3. The molecule has 1 heterocycles. The number of fused-ring (bicyclic) bond motifs is 1. The third kappa shape index (κ3) is 3.61. The topological polar surface area (TPSA) is 75.4 Å². The molecule has 134 valence electrons. The van der Waals surface area contributed by atoms with E-state index in [-0.39, 0.29) is 18.9 Å². The Morgan fingerprint density at radius 3 is 2.88 bits per heavy atom. The maximum absolute atomic E-state index is 12.5. The van der Waals surface area contributed by atoms with Crippen molar-refractivity contribution in [1.29, 1.82) is 0 Å². The van der Waals surface area contributed by atoms with Crippen LogP contribution in [0.1, 0.15) is 54.8 Å². The maximum Gasteiger partial charge on any atom is 0.224 e. The van der Waals surface area contributed by atoms with Gasteiger partial charge < -0.3 is 14.9 Å².